The van der Waals surface area contributed by atoms with Crippen LogP contribution in [0.5, 0.6) is 0 Å². The highest BCUT2D eigenvalue weighted by atomic mass is 19.1. The summed E-state index contributed by atoms with van der Waals surface area (Å²) in [6, 6.07) is 8.29. The summed E-state index contributed by atoms with van der Waals surface area (Å²) in [6.07, 6.45) is 0.494. The fourth-order valence-electron chi connectivity index (χ4n) is 4.15. The molecular formula is C23H23FN4O4. The van der Waals surface area contributed by atoms with Gasteiger partial charge in [0.1, 0.15) is 18.5 Å². The number of halogens is 1. The van der Waals surface area contributed by atoms with E-state index >= 15 is 4.39 Å². The number of aliphatic hydroxyl groups is 1. The molecule has 2 aromatic rings. The lowest BCUT2D eigenvalue weighted by molar-refractivity contribution is -0.130. The van der Waals surface area contributed by atoms with E-state index in [4.69, 9.17) is 10.00 Å². The minimum Gasteiger partial charge on any atom is -0.457 e. The summed E-state index contributed by atoms with van der Waals surface area (Å²) < 4.78 is 20.3. The average molecular weight is 438 g/mol. The van der Waals surface area contributed by atoms with Crippen LogP contribution in [0, 0.1) is 18.3 Å². The lowest BCUT2D eigenvalue weighted by atomic mass is 9.91. The second kappa shape index (κ2) is 8.65. The summed E-state index contributed by atoms with van der Waals surface area (Å²) >= 11 is 0. The van der Waals surface area contributed by atoms with Gasteiger partial charge in [0.15, 0.2) is 5.67 Å². The van der Waals surface area contributed by atoms with Crippen molar-refractivity contribution in [2.24, 2.45) is 0 Å². The molecule has 0 saturated carbocycles. The molecule has 2 aliphatic heterocycles. The van der Waals surface area contributed by atoms with Crippen molar-refractivity contribution in [3.63, 3.8) is 0 Å². The minimum absolute atomic E-state index is 0.00660. The van der Waals surface area contributed by atoms with Crippen LogP contribution in [0.4, 0.5) is 10.2 Å². The Morgan fingerprint density at radius 1 is 1.38 bits per heavy atom. The van der Waals surface area contributed by atoms with Gasteiger partial charge in [-0.1, -0.05) is 6.07 Å². The number of piperidine rings is 1. The van der Waals surface area contributed by atoms with Gasteiger partial charge in [0.25, 0.3) is 5.91 Å². The second-order valence-electron chi connectivity index (χ2n) is 8.16. The number of anilines is 1. The zero-order valence-electron chi connectivity index (χ0n) is 17.6. The Hall–Kier alpha value is -3.35. The summed E-state index contributed by atoms with van der Waals surface area (Å²) in [4.78, 5) is 30.0. The Morgan fingerprint density at radius 2 is 2.12 bits per heavy atom. The van der Waals surface area contributed by atoms with E-state index in [1.165, 1.54) is 18.3 Å². The van der Waals surface area contributed by atoms with Crippen LogP contribution in [-0.2, 0) is 16.1 Å². The number of fused-ring (bicyclic) bond motifs is 1. The van der Waals surface area contributed by atoms with Gasteiger partial charge in [0, 0.05) is 44.2 Å². The number of ether oxygens (including phenoxy) is 1. The number of cyclic esters (lactones) is 1. The first-order chi connectivity index (χ1) is 15.3. The van der Waals surface area contributed by atoms with E-state index in [1.807, 2.05) is 17.9 Å². The molecule has 0 spiro atoms. The minimum atomic E-state index is -2.03. The first-order valence-electron chi connectivity index (χ1n) is 10.4. The maximum absolute atomic E-state index is 15.3. The van der Waals surface area contributed by atoms with Gasteiger partial charge in [-0.3, -0.25) is 4.79 Å². The molecule has 2 aliphatic rings. The van der Waals surface area contributed by atoms with Crippen LogP contribution in [0.15, 0.2) is 30.5 Å². The number of carbonyl (C=O) groups excluding carboxylic acids is 2. The van der Waals surface area contributed by atoms with Crippen molar-refractivity contribution in [3.05, 3.63) is 58.3 Å². The number of hydrogen-bond acceptors (Lipinski definition) is 7. The number of nitrogens with one attached hydrogen (secondary N) is 1. The quantitative estimate of drug-likeness (QED) is 0.689. The molecule has 3 heterocycles. The summed E-state index contributed by atoms with van der Waals surface area (Å²) in [5.74, 6) is -0.915. The maximum Gasteiger partial charge on any atom is 0.338 e. The smallest absolute Gasteiger partial charge is 0.338 e. The molecule has 1 fully saturated rings. The number of amides is 1. The third-order valence-corrected chi connectivity index (χ3v) is 6.19. The predicted molar refractivity (Wildman–Crippen MR) is 112 cm³/mol. The number of hydrogen-bond donors (Lipinski definition) is 2. The molecule has 1 aromatic carbocycles. The Bertz CT molecular complexity index is 1090. The maximum atomic E-state index is 15.3. The van der Waals surface area contributed by atoms with Gasteiger partial charge in [0.05, 0.1) is 17.2 Å². The SMILES string of the molecule is Cc1c(C(O)CN2CCC(F)(C(=O)Nc3ccc(C#N)cn3)CC2)ccc2c1COC2=O. The lowest BCUT2D eigenvalue weighted by Crippen LogP contribution is -2.49. The third-order valence-electron chi connectivity index (χ3n) is 6.19. The summed E-state index contributed by atoms with van der Waals surface area (Å²) in [5, 5.41) is 22.0. The molecule has 2 N–H and O–H groups in total. The number of pyridine rings is 1. The van der Waals surface area contributed by atoms with E-state index in [-0.39, 0.29) is 31.2 Å². The number of carbonyl (C=O) groups is 2. The van der Waals surface area contributed by atoms with Gasteiger partial charge in [-0.2, -0.15) is 5.26 Å². The van der Waals surface area contributed by atoms with Crippen LogP contribution < -0.4 is 5.32 Å². The van der Waals surface area contributed by atoms with Crippen LogP contribution in [-0.4, -0.2) is 52.2 Å². The van der Waals surface area contributed by atoms with Gasteiger partial charge < -0.3 is 20.1 Å². The number of β-amino-alcohol motifs (C(OH)–C–C–N with tert-alkyl or cyclic N) is 1. The van der Waals surface area contributed by atoms with Crippen LogP contribution in [0.1, 0.15) is 51.6 Å². The predicted octanol–water partition coefficient (Wildman–Crippen LogP) is 2.41. The molecule has 1 atom stereocenters. The van der Waals surface area contributed by atoms with E-state index in [1.54, 1.807) is 12.1 Å². The molecule has 4 rings (SSSR count). The van der Waals surface area contributed by atoms with E-state index in [2.05, 4.69) is 10.3 Å². The lowest BCUT2D eigenvalue weighted by Gasteiger charge is -2.36. The van der Waals surface area contributed by atoms with E-state index in [0.29, 0.717) is 36.3 Å². The number of aromatic nitrogens is 1. The molecule has 32 heavy (non-hydrogen) atoms. The molecule has 0 bridgehead atoms. The third kappa shape index (κ3) is 4.20. The van der Waals surface area contributed by atoms with Crippen LogP contribution in [0.25, 0.3) is 0 Å². The van der Waals surface area contributed by atoms with E-state index < -0.39 is 17.7 Å². The Morgan fingerprint density at radius 3 is 2.78 bits per heavy atom. The molecule has 9 heteroatoms. The van der Waals surface area contributed by atoms with Crippen LogP contribution >= 0.6 is 0 Å². The number of nitriles is 1. The summed E-state index contributed by atoms with van der Waals surface area (Å²) in [5.41, 5.74) is 1.18. The van der Waals surface area contributed by atoms with Crippen molar-refractivity contribution in [2.75, 3.05) is 25.0 Å². The zero-order valence-corrected chi connectivity index (χ0v) is 17.6. The summed E-state index contributed by atoms with van der Waals surface area (Å²) in [7, 11) is 0. The first kappa shape index (κ1) is 21.9. The van der Waals surface area contributed by atoms with Crippen LogP contribution in [0.2, 0.25) is 0 Å². The molecule has 166 valence electrons. The zero-order chi connectivity index (χ0) is 22.9. The number of likely N-dealkylation sites (tertiary alicyclic amines) is 1. The first-order valence-corrected chi connectivity index (χ1v) is 10.4. The summed E-state index contributed by atoms with van der Waals surface area (Å²) in [6.45, 7) is 2.98. The van der Waals surface area contributed by atoms with Crippen molar-refractivity contribution in [2.45, 2.75) is 38.1 Å². The number of esters is 1. The normalized spacial score (nSPS) is 18.4. The van der Waals surface area contributed by atoms with Gasteiger partial charge in [0.2, 0.25) is 0 Å². The molecule has 1 unspecified atom stereocenters. The van der Waals surface area contributed by atoms with Gasteiger partial charge in [-0.05, 0) is 36.2 Å². The van der Waals surface area contributed by atoms with E-state index in [9.17, 15) is 14.7 Å². The van der Waals surface area contributed by atoms with Crippen molar-refractivity contribution >= 4 is 17.7 Å². The molecule has 8 nitrogen and oxygen atoms in total. The van der Waals surface area contributed by atoms with Crippen molar-refractivity contribution < 1.29 is 23.8 Å². The second-order valence-corrected chi connectivity index (χ2v) is 8.16. The molecule has 1 aromatic heterocycles. The molecule has 1 amide bonds. The van der Waals surface area contributed by atoms with Gasteiger partial charge in [-0.25, -0.2) is 14.2 Å². The topological polar surface area (TPSA) is 116 Å². The number of benzene rings is 1. The van der Waals surface area contributed by atoms with Crippen molar-refractivity contribution in [1.29, 1.82) is 5.26 Å². The average Bonchev–Trinajstić information content (AvgIpc) is 3.17. The highest BCUT2D eigenvalue weighted by Crippen LogP contribution is 2.32. The van der Waals surface area contributed by atoms with Crippen molar-refractivity contribution in [1.82, 2.24) is 9.88 Å². The Labute approximate surface area is 184 Å². The fraction of sp³-hybridized carbons (Fsp3) is 0.391. The number of alkyl halides is 1. The Balaban J connectivity index is 1.34. The number of nitrogens with zero attached hydrogens (tertiary/aromatic N) is 3. The standard InChI is InChI=1S/C23H23FN4O4/c1-14-16(3-4-17-18(14)13-32-21(17)30)19(29)12-28-8-6-23(24,7-9-28)22(31)27-20-5-2-15(10-25)11-26-20/h2-5,11,19,29H,6-9,12-13H2,1H3,(H,26,27,31). The van der Waals surface area contributed by atoms with Crippen LogP contribution in [0.3, 0.4) is 0 Å². The molecule has 0 radical (unpaired) electrons. The fourth-order valence-corrected chi connectivity index (χ4v) is 4.15. The monoisotopic (exact) mass is 438 g/mol. The highest BCUT2D eigenvalue weighted by molar-refractivity contribution is 5.96. The Kier molecular flexibility index (Phi) is 5.91. The largest absolute Gasteiger partial charge is 0.457 e. The van der Waals surface area contributed by atoms with Crippen molar-refractivity contribution in [3.8, 4) is 6.07 Å². The van der Waals surface area contributed by atoms with E-state index in [0.717, 1.165) is 11.1 Å². The van der Waals surface area contributed by atoms with Gasteiger partial charge >= 0.3 is 5.97 Å². The molecule has 1 saturated heterocycles. The number of aliphatic hydroxyl groups excluding tert-OH is 1. The van der Waals surface area contributed by atoms with Gasteiger partial charge in [-0.15, -0.1) is 0 Å². The molecular weight excluding hydrogens is 415 g/mol. The molecule has 0 aliphatic carbocycles. The number of rotatable bonds is 5. The highest BCUT2D eigenvalue weighted by Gasteiger charge is 2.42.